The van der Waals surface area contributed by atoms with Crippen LogP contribution in [0.1, 0.15) is 36.5 Å². The van der Waals surface area contributed by atoms with Crippen molar-refractivity contribution in [1.82, 2.24) is 14.9 Å². The van der Waals surface area contributed by atoms with Gasteiger partial charge in [-0.25, -0.2) is 4.98 Å². The van der Waals surface area contributed by atoms with E-state index in [0.29, 0.717) is 12.5 Å². The van der Waals surface area contributed by atoms with E-state index in [-0.39, 0.29) is 5.56 Å². The van der Waals surface area contributed by atoms with Gasteiger partial charge >= 0.3 is 0 Å². The molecule has 0 amide bonds. The first-order chi connectivity index (χ1) is 14.0. The minimum atomic E-state index is 0.0237. The highest BCUT2D eigenvalue weighted by Crippen LogP contribution is 2.29. The van der Waals surface area contributed by atoms with Crippen LogP contribution in [0.3, 0.4) is 0 Å². The Labute approximate surface area is 176 Å². The van der Waals surface area contributed by atoms with Gasteiger partial charge in [-0.2, -0.15) is 0 Å². The van der Waals surface area contributed by atoms with Crippen molar-refractivity contribution in [2.24, 2.45) is 5.92 Å². The Kier molecular flexibility index (Phi) is 6.01. The van der Waals surface area contributed by atoms with Crippen LogP contribution in [-0.4, -0.2) is 41.0 Å². The Morgan fingerprint density at radius 1 is 1.17 bits per heavy atom. The standard InChI is InChI=1S/C23H30N4OS/c1-4-16(2)14-19-17(3)29-23-21(19)22(28)24-20(25-23)15-26-10-12-27(13-11-26)18-8-6-5-7-9-18/h5-9,16H,4,10-15H2,1-3H3,(H,24,25,28)/t16-/m0/s1. The highest BCUT2D eigenvalue weighted by molar-refractivity contribution is 7.18. The van der Waals surface area contributed by atoms with E-state index in [1.165, 1.54) is 16.1 Å². The normalized spacial score (nSPS) is 16.4. The van der Waals surface area contributed by atoms with Gasteiger partial charge in [-0.1, -0.05) is 38.5 Å². The summed E-state index contributed by atoms with van der Waals surface area (Å²) < 4.78 is 0. The van der Waals surface area contributed by atoms with Crippen molar-refractivity contribution in [3.05, 3.63) is 57.0 Å². The number of thiophene rings is 1. The minimum absolute atomic E-state index is 0.0237. The molecular formula is C23H30N4OS. The molecule has 154 valence electrons. The Bertz CT molecular complexity index is 1020. The highest BCUT2D eigenvalue weighted by atomic mass is 32.1. The zero-order valence-electron chi connectivity index (χ0n) is 17.6. The van der Waals surface area contributed by atoms with Gasteiger partial charge in [0.2, 0.25) is 0 Å². The number of aromatic amines is 1. The van der Waals surface area contributed by atoms with E-state index >= 15 is 0 Å². The zero-order chi connectivity index (χ0) is 20.4. The number of hydrogen-bond acceptors (Lipinski definition) is 5. The molecule has 2 aromatic heterocycles. The molecule has 1 fully saturated rings. The first-order valence-corrected chi connectivity index (χ1v) is 11.4. The number of piperazine rings is 1. The van der Waals surface area contributed by atoms with Crippen LogP contribution in [0.15, 0.2) is 35.1 Å². The van der Waals surface area contributed by atoms with Gasteiger partial charge in [0.1, 0.15) is 10.7 Å². The number of hydrogen-bond donors (Lipinski definition) is 1. The zero-order valence-corrected chi connectivity index (χ0v) is 18.4. The summed E-state index contributed by atoms with van der Waals surface area (Å²) in [5.74, 6) is 1.36. The molecule has 0 aliphatic carbocycles. The predicted octanol–water partition coefficient (Wildman–Crippen LogP) is 4.20. The van der Waals surface area contributed by atoms with Gasteiger partial charge in [0.05, 0.1) is 11.9 Å². The van der Waals surface area contributed by atoms with Crippen molar-refractivity contribution in [2.75, 3.05) is 31.1 Å². The number of fused-ring (bicyclic) bond motifs is 1. The second-order valence-corrected chi connectivity index (χ2v) is 9.35. The second kappa shape index (κ2) is 8.67. The van der Waals surface area contributed by atoms with Crippen LogP contribution >= 0.6 is 11.3 Å². The number of nitrogens with one attached hydrogen (secondary N) is 1. The number of aryl methyl sites for hydroxylation is 1. The monoisotopic (exact) mass is 410 g/mol. The fourth-order valence-corrected chi connectivity index (χ4v) is 5.12. The largest absolute Gasteiger partial charge is 0.369 e. The lowest BCUT2D eigenvalue weighted by molar-refractivity contribution is 0.244. The number of aromatic nitrogens is 2. The molecule has 1 saturated heterocycles. The molecule has 0 unspecified atom stereocenters. The van der Waals surface area contributed by atoms with Crippen LogP contribution in [0.5, 0.6) is 0 Å². The maximum Gasteiger partial charge on any atom is 0.259 e. The van der Waals surface area contributed by atoms with E-state index in [0.717, 1.165) is 55.1 Å². The van der Waals surface area contributed by atoms with E-state index in [4.69, 9.17) is 4.98 Å². The molecule has 0 bridgehead atoms. The molecule has 5 nitrogen and oxygen atoms in total. The fraction of sp³-hybridized carbons (Fsp3) is 0.478. The van der Waals surface area contributed by atoms with Crippen LogP contribution in [0, 0.1) is 12.8 Å². The highest BCUT2D eigenvalue weighted by Gasteiger charge is 2.20. The third kappa shape index (κ3) is 4.38. The molecule has 1 N–H and O–H groups in total. The van der Waals surface area contributed by atoms with Gasteiger partial charge in [0.15, 0.2) is 0 Å². The first kappa shape index (κ1) is 20.1. The summed E-state index contributed by atoms with van der Waals surface area (Å²) in [4.78, 5) is 27.7. The maximum atomic E-state index is 12.9. The summed E-state index contributed by atoms with van der Waals surface area (Å²) in [6.07, 6.45) is 2.07. The van der Waals surface area contributed by atoms with E-state index in [1.807, 2.05) is 0 Å². The van der Waals surface area contributed by atoms with Crippen molar-refractivity contribution in [3.63, 3.8) is 0 Å². The quantitative estimate of drug-likeness (QED) is 0.662. The van der Waals surface area contributed by atoms with Crippen LogP contribution < -0.4 is 10.5 Å². The van der Waals surface area contributed by atoms with Gasteiger partial charge in [0.25, 0.3) is 5.56 Å². The molecule has 3 heterocycles. The summed E-state index contributed by atoms with van der Waals surface area (Å²) in [6, 6.07) is 10.6. The van der Waals surface area contributed by atoms with Crippen molar-refractivity contribution < 1.29 is 0 Å². The van der Waals surface area contributed by atoms with Crippen molar-refractivity contribution >= 4 is 27.2 Å². The average molecular weight is 411 g/mol. The van der Waals surface area contributed by atoms with Gasteiger partial charge < -0.3 is 9.88 Å². The smallest absolute Gasteiger partial charge is 0.259 e. The minimum Gasteiger partial charge on any atom is -0.369 e. The molecule has 3 aromatic rings. The number of benzene rings is 1. The van der Waals surface area contributed by atoms with Crippen molar-refractivity contribution in [2.45, 2.75) is 40.2 Å². The lowest BCUT2D eigenvalue weighted by atomic mass is 9.98. The van der Waals surface area contributed by atoms with Gasteiger partial charge in [-0.3, -0.25) is 9.69 Å². The van der Waals surface area contributed by atoms with Gasteiger partial charge in [0, 0.05) is 36.7 Å². The summed E-state index contributed by atoms with van der Waals surface area (Å²) >= 11 is 1.66. The van der Waals surface area contributed by atoms with Gasteiger partial charge in [-0.15, -0.1) is 11.3 Å². The third-order valence-corrected chi connectivity index (χ3v) is 7.07. The lowest BCUT2D eigenvalue weighted by Crippen LogP contribution is -2.46. The summed E-state index contributed by atoms with van der Waals surface area (Å²) in [6.45, 7) is 11.2. The third-order valence-electron chi connectivity index (χ3n) is 6.03. The number of anilines is 1. The predicted molar refractivity (Wildman–Crippen MR) is 122 cm³/mol. The summed E-state index contributed by atoms with van der Waals surface area (Å²) in [5, 5.41) is 0.811. The Morgan fingerprint density at radius 3 is 2.59 bits per heavy atom. The maximum absolute atomic E-state index is 12.9. The Balaban J connectivity index is 1.47. The van der Waals surface area contributed by atoms with Crippen molar-refractivity contribution in [3.8, 4) is 0 Å². The molecule has 0 spiro atoms. The average Bonchev–Trinajstić information content (AvgIpc) is 3.04. The molecule has 4 rings (SSSR count). The number of H-pyrrole nitrogens is 1. The molecule has 1 aromatic carbocycles. The molecule has 1 aliphatic heterocycles. The SMILES string of the molecule is CC[C@H](C)Cc1c(C)sc2nc(CN3CCN(c4ccccc4)CC3)[nH]c(=O)c12. The van der Waals surface area contributed by atoms with Crippen LogP contribution in [0.2, 0.25) is 0 Å². The Hall–Kier alpha value is -2.18. The molecule has 0 saturated carbocycles. The Morgan fingerprint density at radius 2 is 1.90 bits per heavy atom. The summed E-state index contributed by atoms with van der Waals surface area (Å²) in [7, 11) is 0. The molecule has 1 atom stereocenters. The topological polar surface area (TPSA) is 52.2 Å². The molecule has 1 aliphatic rings. The first-order valence-electron chi connectivity index (χ1n) is 10.6. The number of nitrogens with zero attached hydrogens (tertiary/aromatic N) is 3. The van der Waals surface area contributed by atoms with E-state index in [9.17, 15) is 4.79 Å². The second-order valence-electron chi connectivity index (χ2n) is 8.15. The lowest BCUT2D eigenvalue weighted by Gasteiger charge is -2.35. The van der Waals surface area contributed by atoms with E-state index in [1.54, 1.807) is 11.3 Å². The van der Waals surface area contributed by atoms with E-state index in [2.05, 4.69) is 65.9 Å². The van der Waals surface area contributed by atoms with E-state index < -0.39 is 0 Å². The summed E-state index contributed by atoms with van der Waals surface area (Å²) in [5.41, 5.74) is 2.50. The number of rotatable bonds is 6. The van der Waals surface area contributed by atoms with Crippen molar-refractivity contribution in [1.29, 1.82) is 0 Å². The van der Waals surface area contributed by atoms with Crippen LogP contribution in [-0.2, 0) is 13.0 Å². The van der Waals surface area contributed by atoms with Crippen LogP contribution in [0.25, 0.3) is 10.2 Å². The fourth-order valence-electron chi connectivity index (χ4n) is 4.05. The van der Waals surface area contributed by atoms with Gasteiger partial charge in [-0.05, 0) is 37.0 Å². The molecular weight excluding hydrogens is 380 g/mol. The molecule has 29 heavy (non-hydrogen) atoms. The van der Waals surface area contributed by atoms with Crippen LogP contribution in [0.4, 0.5) is 5.69 Å². The molecule has 6 heteroatoms. The number of para-hydroxylation sites is 1. The molecule has 0 radical (unpaired) electrons.